The third-order valence-electron chi connectivity index (χ3n) is 2.54. The van der Waals surface area contributed by atoms with Crippen LogP contribution in [0.4, 0.5) is 4.39 Å². The molecule has 2 aromatic heterocycles. The van der Waals surface area contributed by atoms with Crippen molar-refractivity contribution < 1.29 is 4.39 Å². The lowest BCUT2D eigenvalue weighted by atomic mass is 10.1. The van der Waals surface area contributed by atoms with Gasteiger partial charge in [-0.1, -0.05) is 0 Å². The first-order chi connectivity index (χ1) is 7.00. The number of pyridine rings is 2. The minimum absolute atomic E-state index is 0.180. The van der Waals surface area contributed by atoms with E-state index in [0.29, 0.717) is 27.9 Å². The molecule has 0 spiro atoms. The van der Waals surface area contributed by atoms with Crippen molar-refractivity contribution in [2.75, 3.05) is 0 Å². The van der Waals surface area contributed by atoms with Crippen molar-refractivity contribution in [3.8, 4) is 0 Å². The molecule has 2 aromatic rings. The number of halogens is 1. The number of aromatic amines is 1. The molecule has 2 rings (SSSR count). The molecule has 0 amide bonds. The van der Waals surface area contributed by atoms with Crippen LogP contribution in [-0.4, -0.2) is 9.97 Å². The molecule has 0 aliphatic rings. The van der Waals surface area contributed by atoms with Crippen molar-refractivity contribution in [2.24, 2.45) is 0 Å². The molecule has 0 fully saturated rings. The molecule has 78 valence electrons. The van der Waals surface area contributed by atoms with Crippen LogP contribution in [0.3, 0.4) is 0 Å². The molecule has 0 aliphatic heterocycles. The Morgan fingerprint density at radius 1 is 1.33 bits per heavy atom. The average Bonchev–Trinajstić information content (AvgIpc) is 2.19. The molecule has 0 aromatic carbocycles. The summed E-state index contributed by atoms with van der Waals surface area (Å²) in [5, 5.41) is 0.662. The van der Waals surface area contributed by atoms with E-state index in [4.69, 9.17) is 0 Å². The molecule has 0 atom stereocenters. The van der Waals surface area contributed by atoms with E-state index in [2.05, 4.69) is 9.97 Å². The van der Waals surface area contributed by atoms with Crippen molar-refractivity contribution in [1.82, 2.24) is 9.97 Å². The molecule has 0 aliphatic carbocycles. The fourth-order valence-corrected chi connectivity index (χ4v) is 1.60. The third kappa shape index (κ3) is 1.42. The Morgan fingerprint density at radius 3 is 2.67 bits per heavy atom. The summed E-state index contributed by atoms with van der Waals surface area (Å²) in [7, 11) is 0. The van der Waals surface area contributed by atoms with Gasteiger partial charge in [0.2, 0.25) is 0 Å². The lowest BCUT2D eigenvalue weighted by Crippen LogP contribution is -2.11. The van der Waals surface area contributed by atoms with E-state index < -0.39 is 0 Å². The highest BCUT2D eigenvalue weighted by atomic mass is 19.1. The summed E-state index contributed by atoms with van der Waals surface area (Å²) in [6.07, 6.45) is 0. The zero-order valence-corrected chi connectivity index (χ0v) is 8.81. The van der Waals surface area contributed by atoms with E-state index >= 15 is 0 Å². The van der Waals surface area contributed by atoms with E-state index in [1.807, 2.05) is 0 Å². The largest absolute Gasteiger partial charge is 0.306 e. The zero-order valence-electron chi connectivity index (χ0n) is 8.81. The third-order valence-corrected chi connectivity index (χ3v) is 2.54. The monoisotopic (exact) mass is 206 g/mol. The summed E-state index contributed by atoms with van der Waals surface area (Å²) >= 11 is 0. The highest BCUT2D eigenvalue weighted by Gasteiger charge is 2.10. The van der Waals surface area contributed by atoms with Crippen molar-refractivity contribution in [3.05, 3.63) is 39.1 Å². The Labute approximate surface area is 86.0 Å². The summed E-state index contributed by atoms with van der Waals surface area (Å²) in [4.78, 5) is 18.0. The van der Waals surface area contributed by atoms with E-state index in [0.717, 1.165) is 0 Å². The van der Waals surface area contributed by atoms with Crippen LogP contribution in [-0.2, 0) is 0 Å². The molecular formula is C11H11FN2O. The molecule has 0 bridgehead atoms. The second-order valence-electron chi connectivity index (χ2n) is 3.68. The molecular weight excluding hydrogens is 195 g/mol. The predicted molar refractivity (Wildman–Crippen MR) is 56.5 cm³/mol. The smallest absolute Gasteiger partial charge is 0.252 e. The van der Waals surface area contributed by atoms with Crippen molar-refractivity contribution >= 4 is 11.0 Å². The Balaban J connectivity index is 2.99. The quantitative estimate of drug-likeness (QED) is 0.716. The second-order valence-corrected chi connectivity index (χ2v) is 3.68. The van der Waals surface area contributed by atoms with Crippen LogP contribution in [0.1, 0.15) is 16.8 Å². The normalized spacial score (nSPS) is 10.9. The van der Waals surface area contributed by atoms with E-state index in [1.54, 1.807) is 26.8 Å². The van der Waals surface area contributed by atoms with Gasteiger partial charge in [0.25, 0.3) is 5.56 Å². The molecule has 0 radical (unpaired) electrons. The van der Waals surface area contributed by atoms with E-state index in [9.17, 15) is 9.18 Å². The molecule has 1 N–H and O–H groups in total. The molecule has 0 saturated carbocycles. The number of fused-ring (bicyclic) bond motifs is 1. The number of nitrogens with one attached hydrogen (secondary N) is 1. The van der Waals surface area contributed by atoms with Crippen LogP contribution in [0.2, 0.25) is 0 Å². The van der Waals surface area contributed by atoms with Crippen LogP contribution >= 0.6 is 0 Å². The Hall–Kier alpha value is -1.71. The standard InChI is InChI=1S/C11H11FN2O/c1-5-4-8-6(2)9(12)7(3)13-10(8)14-11(5)15/h4H,1-3H3,(H,13,14,15). The molecule has 4 heteroatoms. The van der Waals surface area contributed by atoms with Crippen LogP contribution in [0.5, 0.6) is 0 Å². The van der Waals surface area contributed by atoms with Gasteiger partial charge in [0.1, 0.15) is 11.5 Å². The Kier molecular flexibility index (Phi) is 2.07. The van der Waals surface area contributed by atoms with Gasteiger partial charge in [-0.3, -0.25) is 4.79 Å². The maximum atomic E-state index is 13.5. The Bertz CT molecular complexity index is 602. The van der Waals surface area contributed by atoms with Crippen molar-refractivity contribution in [2.45, 2.75) is 20.8 Å². The van der Waals surface area contributed by atoms with Crippen LogP contribution in [0, 0.1) is 26.6 Å². The van der Waals surface area contributed by atoms with Gasteiger partial charge in [0, 0.05) is 10.9 Å². The van der Waals surface area contributed by atoms with E-state index in [-0.39, 0.29) is 11.4 Å². The van der Waals surface area contributed by atoms with Crippen LogP contribution < -0.4 is 5.56 Å². The summed E-state index contributed by atoms with van der Waals surface area (Å²) in [5.41, 5.74) is 1.66. The number of aryl methyl sites for hydroxylation is 3. The summed E-state index contributed by atoms with van der Waals surface area (Å²) in [6, 6.07) is 1.67. The van der Waals surface area contributed by atoms with Gasteiger partial charge in [-0.25, -0.2) is 9.37 Å². The van der Waals surface area contributed by atoms with Gasteiger partial charge in [-0.15, -0.1) is 0 Å². The number of H-pyrrole nitrogens is 1. The van der Waals surface area contributed by atoms with Gasteiger partial charge in [0.15, 0.2) is 0 Å². The highest BCUT2D eigenvalue weighted by Crippen LogP contribution is 2.19. The number of nitrogens with zero attached hydrogens (tertiary/aromatic N) is 1. The second kappa shape index (κ2) is 3.15. The number of hydrogen-bond donors (Lipinski definition) is 1. The fraction of sp³-hybridized carbons (Fsp3) is 0.273. The summed E-state index contributed by atoms with van der Waals surface area (Å²) < 4.78 is 13.5. The Morgan fingerprint density at radius 2 is 2.00 bits per heavy atom. The number of hydrogen-bond acceptors (Lipinski definition) is 2. The predicted octanol–water partition coefficient (Wildman–Crippen LogP) is 1.99. The topological polar surface area (TPSA) is 45.8 Å². The van der Waals surface area contributed by atoms with Gasteiger partial charge < -0.3 is 4.98 Å². The molecule has 3 nitrogen and oxygen atoms in total. The zero-order chi connectivity index (χ0) is 11.2. The summed E-state index contributed by atoms with van der Waals surface area (Å²) in [6.45, 7) is 4.96. The molecule has 0 saturated heterocycles. The first-order valence-electron chi connectivity index (χ1n) is 4.67. The lowest BCUT2D eigenvalue weighted by molar-refractivity contribution is 0.604. The number of aromatic nitrogens is 2. The van der Waals surface area contributed by atoms with Gasteiger partial charge >= 0.3 is 0 Å². The molecule has 2 heterocycles. The molecule has 15 heavy (non-hydrogen) atoms. The minimum atomic E-state index is -0.311. The first kappa shape index (κ1) is 9.83. The molecule has 0 unspecified atom stereocenters. The lowest BCUT2D eigenvalue weighted by Gasteiger charge is -2.05. The maximum absolute atomic E-state index is 13.5. The summed E-state index contributed by atoms with van der Waals surface area (Å²) in [5.74, 6) is -0.311. The number of rotatable bonds is 0. The van der Waals surface area contributed by atoms with Crippen molar-refractivity contribution in [1.29, 1.82) is 0 Å². The van der Waals surface area contributed by atoms with Crippen LogP contribution in [0.25, 0.3) is 11.0 Å². The average molecular weight is 206 g/mol. The van der Waals surface area contributed by atoms with Gasteiger partial charge in [-0.05, 0) is 32.4 Å². The fourth-order valence-electron chi connectivity index (χ4n) is 1.60. The first-order valence-corrected chi connectivity index (χ1v) is 4.67. The minimum Gasteiger partial charge on any atom is -0.306 e. The maximum Gasteiger partial charge on any atom is 0.252 e. The van der Waals surface area contributed by atoms with Crippen LogP contribution in [0.15, 0.2) is 10.9 Å². The van der Waals surface area contributed by atoms with Gasteiger partial charge in [0.05, 0.1) is 5.69 Å². The highest BCUT2D eigenvalue weighted by molar-refractivity contribution is 5.79. The van der Waals surface area contributed by atoms with Gasteiger partial charge in [-0.2, -0.15) is 0 Å². The van der Waals surface area contributed by atoms with E-state index in [1.165, 1.54) is 0 Å². The van der Waals surface area contributed by atoms with Crippen molar-refractivity contribution in [3.63, 3.8) is 0 Å². The SMILES string of the molecule is Cc1nc2[nH]c(=O)c(C)cc2c(C)c1F.